The van der Waals surface area contributed by atoms with E-state index in [1.165, 1.54) is 0 Å². The zero-order valence-corrected chi connectivity index (χ0v) is 12.3. The second kappa shape index (κ2) is 6.11. The fourth-order valence-electron chi connectivity index (χ4n) is 2.23. The summed E-state index contributed by atoms with van der Waals surface area (Å²) in [6, 6.07) is 1.75. The summed E-state index contributed by atoms with van der Waals surface area (Å²) in [4.78, 5) is 27.0. The maximum atomic E-state index is 12.2. The Hall–Kier alpha value is -2.11. The van der Waals surface area contributed by atoms with Gasteiger partial charge in [0, 0.05) is 12.0 Å². The molecule has 0 saturated heterocycles. The lowest BCUT2D eigenvalue weighted by Crippen LogP contribution is -2.44. The molecule has 2 heterocycles. The minimum atomic E-state index is -0.874. The Morgan fingerprint density at radius 2 is 2.24 bits per heavy atom. The molecule has 0 radical (unpaired) electrons. The van der Waals surface area contributed by atoms with Crippen LogP contribution in [-0.4, -0.2) is 34.1 Å². The summed E-state index contributed by atoms with van der Waals surface area (Å²) in [5.74, 6) is -0.428. The molecule has 2 rings (SSSR count). The van der Waals surface area contributed by atoms with E-state index in [0.717, 1.165) is 24.2 Å². The molecule has 0 bridgehead atoms. The molecule has 1 aromatic heterocycles. The lowest BCUT2D eigenvalue weighted by Gasteiger charge is -2.25. The smallest absolute Gasteiger partial charge is 0.303 e. The number of fused-ring (bicyclic) bond motifs is 1. The molecule has 0 spiro atoms. The number of hydrogen-bond donors (Lipinski definition) is 2. The van der Waals surface area contributed by atoms with Gasteiger partial charge in [0.05, 0.1) is 12.8 Å². The SMILES string of the molecule is CC(C)(CCC(=O)O)NC(=O)c1cc2c(cn1)OCCC2. The number of rotatable bonds is 5. The third-order valence-corrected chi connectivity index (χ3v) is 3.44. The molecule has 2 N–H and O–H groups in total. The van der Waals surface area contributed by atoms with Gasteiger partial charge in [-0.2, -0.15) is 0 Å². The van der Waals surface area contributed by atoms with E-state index in [0.29, 0.717) is 18.7 Å². The quantitative estimate of drug-likeness (QED) is 0.863. The highest BCUT2D eigenvalue weighted by molar-refractivity contribution is 5.93. The van der Waals surface area contributed by atoms with Crippen LogP contribution >= 0.6 is 0 Å². The number of aromatic nitrogens is 1. The van der Waals surface area contributed by atoms with E-state index in [2.05, 4.69) is 10.3 Å². The Kier molecular flexibility index (Phi) is 4.45. The standard InChI is InChI=1S/C15H20N2O4/c1-15(2,6-5-13(18)19)17-14(20)11-8-10-4-3-7-21-12(10)9-16-11/h8-9H,3-7H2,1-2H3,(H,17,20)(H,18,19). The molecule has 0 atom stereocenters. The van der Waals surface area contributed by atoms with Crippen molar-refractivity contribution in [3.63, 3.8) is 0 Å². The van der Waals surface area contributed by atoms with Crippen molar-refractivity contribution < 1.29 is 19.4 Å². The molecule has 0 saturated carbocycles. The second-order valence-corrected chi connectivity index (χ2v) is 5.86. The minimum absolute atomic E-state index is 0.0126. The molecule has 0 aromatic carbocycles. The van der Waals surface area contributed by atoms with Gasteiger partial charge in [-0.05, 0) is 44.7 Å². The van der Waals surface area contributed by atoms with Gasteiger partial charge in [-0.25, -0.2) is 4.98 Å². The van der Waals surface area contributed by atoms with Crippen molar-refractivity contribution in [2.24, 2.45) is 0 Å². The topological polar surface area (TPSA) is 88.5 Å². The monoisotopic (exact) mass is 292 g/mol. The van der Waals surface area contributed by atoms with Crippen molar-refractivity contribution in [2.75, 3.05) is 6.61 Å². The molecule has 6 nitrogen and oxygen atoms in total. The molecule has 1 aromatic rings. The zero-order valence-electron chi connectivity index (χ0n) is 12.3. The number of pyridine rings is 1. The Morgan fingerprint density at radius 1 is 1.48 bits per heavy atom. The number of amides is 1. The molecular formula is C15H20N2O4. The van der Waals surface area contributed by atoms with Gasteiger partial charge in [0.15, 0.2) is 0 Å². The van der Waals surface area contributed by atoms with Gasteiger partial charge in [0.25, 0.3) is 5.91 Å². The van der Waals surface area contributed by atoms with Gasteiger partial charge < -0.3 is 15.2 Å². The fourth-order valence-corrected chi connectivity index (χ4v) is 2.23. The molecule has 0 fully saturated rings. The molecule has 1 aliphatic rings. The van der Waals surface area contributed by atoms with Crippen LogP contribution in [0.15, 0.2) is 12.3 Å². The maximum absolute atomic E-state index is 12.2. The molecule has 1 amide bonds. The van der Waals surface area contributed by atoms with Crippen LogP contribution < -0.4 is 10.1 Å². The number of ether oxygens (including phenoxy) is 1. The number of aryl methyl sites for hydroxylation is 1. The second-order valence-electron chi connectivity index (χ2n) is 5.86. The summed E-state index contributed by atoms with van der Waals surface area (Å²) in [7, 11) is 0. The highest BCUT2D eigenvalue weighted by Crippen LogP contribution is 2.24. The third kappa shape index (κ3) is 4.18. The average Bonchev–Trinajstić information content (AvgIpc) is 2.44. The average molecular weight is 292 g/mol. The van der Waals surface area contributed by atoms with Crippen molar-refractivity contribution in [3.05, 3.63) is 23.5 Å². The molecule has 6 heteroatoms. The molecule has 114 valence electrons. The lowest BCUT2D eigenvalue weighted by atomic mass is 9.98. The van der Waals surface area contributed by atoms with Crippen LogP contribution in [0.5, 0.6) is 5.75 Å². The van der Waals surface area contributed by atoms with Crippen LogP contribution in [0, 0.1) is 0 Å². The van der Waals surface area contributed by atoms with Gasteiger partial charge in [0.1, 0.15) is 11.4 Å². The number of carboxylic acid groups (broad SMARTS) is 1. The predicted molar refractivity (Wildman–Crippen MR) is 76.5 cm³/mol. The lowest BCUT2D eigenvalue weighted by molar-refractivity contribution is -0.137. The first kappa shape index (κ1) is 15.3. The van der Waals surface area contributed by atoms with Crippen molar-refractivity contribution in [1.29, 1.82) is 0 Å². The van der Waals surface area contributed by atoms with Crippen LogP contribution in [0.2, 0.25) is 0 Å². The zero-order chi connectivity index (χ0) is 15.5. The van der Waals surface area contributed by atoms with E-state index >= 15 is 0 Å². The van der Waals surface area contributed by atoms with Crippen molar-refractivity contribution in [2.45, 2.75) is 45.1 Å². The number of nitrogens with one attached hydrogen (secondary N) is 1. The number of carbonyl (C=O) groups excluding carboxylic acids is 1. The Labute approximate surface area is 123 Å². The molecule has 1 aliphatic heterocycles. The molecule has 21 heavy (non-hydrogen) atoms. The normalized spacial score (nSPS) is 14.0. The minimum Gasteiger partial charge on any atom is -0.492 e. The van der Waals surface area contributed by atoms with Gasteiger partial charge in [-0.3, -0.25) is 9.59 Å². The summed E-state index contributed by atoms with van der Waals surface area (Å²) in [6.45, 7) is 4.28. The first-order valence-corrected chi connectivity index (χ1v) is 7.03. The van der Waals surface area contributed by atoms with Crippen molar-refractivity contribution in [3.8, 4) is 5.75 Å². The highest BCUT2D eigenvalue weighted by Gasteiger charge is 2.23. The first-order chi connectivity index (χ1) is 9.87. The van der Waals surface area contributed by atoms with Gasteiger partial charge >= 0.3 is 5.97 Å². The number of aliphatic carboxylic acids is 1. The van der Waals surface area contributed by atoms with Gasteiger partial charge in [-0.1, -0.05) is 0 Å². The fraction of sp³-hybridized carbons (Fsp3) is 0.533. The number of hydrogen-bond acceptors (Lipinski definition) is 4. The van der Waals surface area contributed by atoms with Crippen LogP contribution in [0.3, 0.4) is 0 Å². The predicted octanol–water partition coefficient (Wildman–Crippen LogP) is 1.78. The van der Waals surface area contributed by atoms with E-state index in [-0.39, 0.29) is 12.3 Å². The maximum Gasteiger partial charge on any atom is 0.303 e. The Bertz CT molecular complexity index is 555. The first-order valence-electron chi connectivity index (χ1n) is 7.03. The Balaban J connectivity index is 2.04. The number of nitrogens with zero attached hydrogens (tertiary/aromatic N) is 1. The summed E-state index contributed by atoms with van der Waals surface area (Å²) >= 11 is 0. The van der Waals surface area contributed by atoms with E-state index in [4.69, 9.17) is 9.84 Å². The van der Waals surface area contributed by atoms with E-state index in [9.17, 15) is 9.59 Å². The van der Waals surface area contributed by atoms with Crippen LogP contribution in [0.4, 0.5) is 0 Å². The van der Waals surface area contributed by atoms with E-state index in [1.807, 2.05) is 0 Å². The van der Waals surface area contributed by atoms with E-state index in [1.54, 1.807) is 26.1 Å². The summed E-state index contributed by atoms with van der Waals surface area (Å²) < 4.78 is 5.46. The molecule has 0 unspecified atom stereocenters. The van der Waals surface area contributed by atoms with Crippen molar-refractivity contribution in [1.82, 2.24) is 10.3 Å². The van der Waals surface area contributed by atoms with Crippen LogP contribution in [-0.2, 0) is 11.2 Å². The van der Waals surface area contributed by atoms with Crippen LogP contribution in [0.25, 0.3) is 0 Å². The largest absolute Gasteiger partial charge is 0.492 e. The van der Waals surface area contributed by atoms with Gasteiger partial charge in [-0.15, -0.1) is 0 Å². The van der Waals surface area contributed by atoms with Crippen molar-refractivity contribution >= 4 is 11.9 Å². The molecular weight excluding hydrogens is 272 g/mol. The number of carbonyl (C=O) groups is 2. The summed E-state index contributed by atoms with van der Waals surface area (Å²) in [6.07, 6.45) is 3.76. The summed E-state index contributed by atoms with van der Waals surface area (Å²) in [5, 5.41) is 11.6. The Morgan fingerprint density at radius 3 is 2.95 bits per heavy atom. The summed E-state index contributed by atoms with van der Waals surface area (Å²) in [5.41, 5.74) is 0.733. The third-order valence-electron chi connectivity index (χ3n) is 3.44. The van der Waals surface area contributed by atoms with Gasteiger partial charge in [0.2, 0.25) is 0 Å². The molecule has 0 aliphatic carbocycles. The number of carboxylic acids is 1. The van der Waals surface area contributed by atoms with Crippen LogP contribution in [0.1, 0.15) is 49.2 Å². The highest BCUT2D eigenvalue weighted by atomic mass is 16.5. The van der Waals surface area contributed by atoms with E-state index < -0.39 is 11.5 Å².